The van der Waals surface area contributed by atoms with Gasteiger partial charge < -0.3 is 44.8 Å². The van der Waals surface area contributed by atoms with Crippen LogP contribution in [0.1, 0.15) is 34.3 Å². The normalized spacial score (nSPS) is 16.6. The van der Waals surface area contributed by atoms with Crippen LogP contribution in [0.2, 0.25) is 0 Å². The molecule has 0 saturated carbocycles. The van der Waals surface area contributed by atoms with Crippen molar-refractivity contribution in [1.29, 1.82) is 0 Å². The summed E-state index contributed by atoms with van der Waals surface area (Å²) in [6, 6.07) is 10.2. The second kappa shape index (κ2) is 11.2. The minimum absolute atomic E-state index is 0.0703. The molecule has 3 aromatic rings. The summed E-state index contributed by atoms with van der Waals surface area (Å²) in [4.78, 5) is 37.1. The largest absolute Gasteiger partial charge is 0.504 e. The first-order valence-corrected chi connectivity index (χ1v) is 11.7. The van der Waals surface area contributed by atoms with E-state index >= 15 is 0 Å². The van der Waals surface area contributed by atoms with Gasteiger partial charge in [-0.05, 0) is 53.1 Å². The van der Waals surface area contributed by atoms with Crippen LogP contribution in [0.25, 0.3) is 6.08 Å². The van der Waals surface area contributed by atoms with E-state index in [1.807, 2.05) is 0 Å². The first-order chi connectivity index (χ1) is 19.0. The second-order valence-corrected chi connectivity index (χ2v) is 8.83. The fourth-order valence-electron chi connectivity index (χ4n) is 4.31. The number of ether oxygens (including phenoxy) is 3. The first kappa shape index (κ1) is 27.6. The summed E-state index contributed by atoms with van der Waals surface area (Å²) >= 11 is 0. The maximum Gasteiger partial charge on any atom is 0.345 e. The van der Waals surface area contributed by atoms with Crippen molar-refractivity contribution >= 4 is 24.0 Å². The average Bonchev–Trinajstić information content (AvgIpc) is 3.33. The Balaban J connectivity index is 1.61. The molecule has 0 aliphatic carbocycles. The van der Waals surface area contributed by atoms with Gasteiger partial charge in [-0.1, -0.05) is 18.2 Å². The molecule has 0 fully saturated rings. The van der Waals surface area contributed by atoms with Crippen molar-refractivity contribution in [3.8, 4) is 34.5 Å². The van der Waals surface area contributed by atoms with Gasteiger partial charge in [0, 0.05) is 18.1 Å². The minimum Gasteiger partial charge on any atom is -0.504 e. The summed E-state index contributed by atoms with van der Waals surface area (Å²) < 4.78 is 15.9. The fourth-order valence-corrected chi connectivity index (χ4v) is 4.31. The van der Waals surface area contributed by atoms with Gasteiger partial charge in [-0.15, -0.1) is 0 Å². The summed E-state index contributed by atoms with van der Waals surface area (Å²) in [5, 5.41) is 58.6. The molecule has 1 aliphatic rings. The van der Waals surface area contributed by atoms with Crippen molar-refractivity contribution in [3.63, 3.8) is 0 Å². The summed E-state index contributed by atoms with van der Waals surface area (Å²) in [6.45, 7) is 0. The molecule has 0 aromatic heterocycles. The van der Waals surface area contributed by atoms with Crippen molar-refractivity contribution in [2.45, 2.75) is 24.5 Å². The van der Waals surface area contributed by atoms with E-state index in [9.17, 15) is 45.0 Å². The van der Waals surface area contributed by atoms with E-state index in [2.05, 4.69) is 0 Å². The van der Waals surface area contributed by atoms with Gasteiger partial charge in [0.25, 0.3) is 0 Å². The molecule has 0 saturated heterocycles. The number of hydrogen-bond acceptors (Lipinski definition) is 11. The zero-order valence-corrected chi connectivity index (χ0v) is 20.8. The van der Waals surface area contributed by atoms with E-state index in [0.717, 1.165) is 19.3 Å². The van der Waals surface area contributed by atoms with Gasteiger partial charge in [-0.2, -0.15) is 0 Å². The number of carboxylic acid groups (broad SMARTS) is 1. The van der Waals surface area contributed by atoms with Crippen molar-refractivity contribution in [2.24, 2.45) is 0 Å². The third-order valence-corrected chi connectivity index (χ3v) is 6.24. The quantitative estimate of drug-likeness (QED) is 0.136. The van der Waals surface area contributed by atoms with E-state index in [0.29, 0.717) is 11.1 Å². The number of carboxylic acids is 1. The number of aliphatic carboxylic acids is 1. The van der Waals surface area contributed by atoms with Gasteiger partial charge in [0.2, 0.25) is 6.10 Å². The molecular formula is C28H24O12. The smallest absolute Gasteiger partial charge is 0.345 e. The van der Waals surface area contributed by atoms with Crippen molar-refractivity contribution in [3.05, 3.63) is 76.9 Å². The second-order valence-electron chi connectivity index (χ2n) is 8.83. The molecule has 0 amide bonds. The molecule has 4 rings (SSSR count). The van der Waals surface area contributed by atoms with Crippen LogP contribution < -0.4 is 4.74 Å². The highest BCUT2D eigenvalue weighted by Crippen LogP contribution is 2.52. The van der Waals surface area contributed by atoms with Gasteiger partial charge in [-0.25, -0.2) is 9.59 Å². The lowest BCUT2D eigenvalue weighted by Gasteiger charge is -2.18. The van der Waals surface area contributed by atoms with Crippen LogP contribution in [0.15, 0.2) is 54.6 Å². The maximum absolute atomic E-state index is 12.8. The Bertz CT molecular complexity index is 1510. The zero-order chi connectivity index (χ0) is 29.1. The highest BCUT2D eigenvalue weighted by Gasteiger charge is 2.44. The lowest BCUT2D eigenvalue weighted by Crippen LogP contribution is -2.28. The molecule has 0 unspecified atom stereocenters. The molecule has 0 radical (unpaired) electrons. The number of fused-ring (bicyclic) bond motifs is 1. The van der Waals surface area contributed by atoms with Gasteiger partial charge in [0.1, 0.15) is 12.0 Å². The number of rotatable bonds is 8. The van der Waals surface area contributed by atoms with E-state index in [-0.39, 0.29) is 34.8 Å². The number of aromatic hydroxyl groups is 5. The third-order valence-electron chi connectivity index (χ3n) is 6.24. The molecule has 40 heavy (non-hydrogen) atoms. The number of hydrogen-bond donors (Lipinski definition) is 6. The number of benzene rings is 3. The van der Waals surface area contributed by atoms with Gasteiger partial charge in [0.05, 0.1) is 7.11 Å². The Morgan fingerprint density at radius 1 is 0.900 bits per heavy atom. The lowest BCUT2D eigenvalue weighted by molar-refractivity contribution is -0.160. The minimum atomic E-state index is -1.62. The molecule has 208 valence electrons. The van der Waals surface area contributed by atoms with E-state index in [4.69, 9.17) is 14.2 Å². The molecule has 1 heterocycles. The van der Waals surface area contributed by atoms with Crippen LogP contribution in [0.4, 0.5) is 0 Å². The summed E-state index contributed by atoms with van der Waals surface area (Å²) in [6.07, 6.45) is -0.798. The van der Waals surface area contributed by atoms with Crippen LogP contribution in [-0.2, 0) is 30.3 Å². The van der Waals surface area contributed by atoms with Crippen LogP contribution >= 0.6 is 0 Å². The Kier molecular flexibility index (Phi) is 7.71. The molecule has 12 nitrogen and oxygen atoms in total. The zero-order valence-electron chi connectivity index (χ0n) is 20.8. The van der Waals surface area contributed by atoms with Crippen LogP contribution in [0, 0.1) is 0 Å². The molecule has 0 spiro atoms. The lowest BCUT2D eigenvalue weighted by atomic mass is 9.87. The summed E-state index contributed by atoms with van der Waals surface area (Å²) in [5.74, 6) is -6.46. The van der Waals surface area contributed by atoms with Crippen molar-refractivity contribution < 1.29 is 59.2 Å². The number of carbonyl (C=O) groups is 3. The number of carbonyl (C=O) groups excluding carboxylic acids is 2. The van der Waals surface area contributed by atoms with E-state index in [1.165, 1.54) is 48.5 Å². The monoisotopic (exact) mass is 552 g/mol. The average molecular weight is 552 g/mol. The highest BCUT2D eigenvalue weighted by molar-refractivity contribution is 5.91. The molecule has 0 bridgehead atoms. The SMILES string of the molecule is COC(=O)[C@@H]1c2c(/C=C/C(=O)O[C@@H](Cc3ccc(O)c(O)c3)C(=O)O)ccc(O)c2O[C@H]1c1ccc(O)c(O)c1. The topological polar surface area (TPSA) is 200 Å². The molecular weight excluding hydrogens is 528 g/mol. The Morgan fingerprint density at radius 3 is 2.17 bits per heavy atom. The number of esters is 2. The fraction of sp³-hybridized carbons (Fsp3) is 0.179. The van der Waals surface area contributed by atoms with Gasteiger partial charge >= 0.3 is 17.9 Å². The molecule has 3 aromatic carbocycles. The Morgan fingerprint density at radius 2 is 1.55 bits per heavy atom. The number of phenolic OH excluding ortho intramolecular Hbond substituents is 5. The molecule has 1 aliphatic heterocycles. The van der Waals surface area contributed by atoms with Crippen LogP contribution in [0.5, 0.6) is 34.5 Å². The van der Waals surface area contributed by atoms with Crippen molar-refractivity contribution in [1.82, 2.24) is 0 Å². The number of phenols is 5. The van der Waals surface area contributed by atoms with E-state index in [1.54, 1.807) is 0 Å². The summed E-state index contributed by atoms with van der Waals surface area (Å²) in [7, 11) is 1.15. The van der Waals surface area contributed by atoms with Crippen LogP contribution in [-0.4, -0.2) is 61.8 Å². The Hall–Kier alpha value is -5.39. The predicted molar refractivity (Wildman–Crippen MR) is 136 cm³/mol. The summed E-state index contributed by atoms with van der Waals surface area (Å²) in [5.41, 5.74) is 1.00. The molecule has 12 heteroatoms. The molecule has 3 atom stereocenters. The van der Waals surface area contributed by atoms with Gasteiger partial charge in [-0.3, -0.25) is 4.79 Å². The maximum atomic E-state index is 12.8. The van der Waals surface area contributed by atoms with Gasteiger partial charge in [0.15, 0.2) is 34.5 Å². The Labute approximate surface area is 226 Å². The standard InChI is InChI=1S/C28H24O12/c1-38-28(37)24-23-14(3-8-18(31)26(23)40-25(24)15-4-7-17(30)20(33)12-15)5-9-22(34)39-21(27(35)36)11-13-2-6-16(29)19(32)10-13/h2-10,12,21,24-25,29-33H,11H2,1H3,(H,35,36)/b9-5+/t21-,24+,25-/m0/s1. The highest BCUT2D eigenvalue weighted by atomic mass is 16.6. The van der Waals surface area contributed by atoms with Crippen molar-refractivity contribution in [2.75, 3.05) is 7.11 Å². The van der Waals surface area contributed by atoms with E-state index < -0.39 is 53.3 Å². The predicted octanol–water partition coefficient (Wildman–Crippen LogP) is 2.86. The molecule has 6 N–H and O–H groups in total. The third kappa shape index (κ3) is 5.55. The number of methoxy groups -OCH3 is 1. The first-order valence-electron chi connectivity index (χ1n) is 11.7. The van der Waals surface area contributed by atoms with Crippen LogP contribution in [0.3, 0.4) is 0 Å².